The molecule has 1 atom stereocenters. The van der Waals surface area contributed by atoms with Gasteiger partial charge in [-0.2, -0.15) is 0 Å². The first kappa shape index (κ1) is 16.1. The van der Waals surface area contributed by atoms with Gasteiger partial charge in [0.1, 0.15) is 11.5 Å². The average molecular weight is 292 g/mol. The van der Waals surface area contributed by atoms with Gasteiger partial charge in [-0.05, 0) is 31.5 Å². The molecular formula is C17H28N2O2. The van der Waals surface area contributed by atoms with E-state index in [1.807, 2.05) is 19.2 Å². The van der Waals surface area contributed by atoms with E-state index in [0.717, 1.165) is 24.6 Å². The third-order valence-corrected chi connectivity index (χ3v) is 4.36. The third kappa shape index (κ3) is 3.89. The van der Waals surface area contributed by atoms with Crippen LogP contribution in [0.5, 0.6) is 11.5 Å². The van der Waals surface area contributed by atoms with Crippen LogP contribution in [0, 0.1) is 5.41 Å². The highest BCUT2D eigenvalue weighted by Crippen LogP contribution is 2.33. The quantitative estimate of drug-likeness (QED) is 0.874. The van der Waals surface area contributed by atoms with Crippen LogP contribution < -0.4 is 14.8 Å². The van der Waals surface area contributed by atoms with E-state index in [-0.39, 0.29) is 6.04 Å². The molecule has 1 aliphatic rings. The van der Waals surface area contributed by atoms with Crippen molar-refractivity contribution in [3.05, 3.63) is 23.8 Å². The zero-order valence-electron chi connectivity index (χ0n) is 13.9. The third-order valence-electron chi connectivity index (χ3n) is 4.36. The molecule has 0 aromatic heterocycles. The lowest BCUT2D eigenvalue weighted by atomic mass is 9.93. The smallest absolute Gasteiger partial charge is 0.127 e. The second-order valence-electron chi connectivity index (χ2n) is 6.60. The monoisotopic (exact) mass is 292 g/mol. The normalized spacial score (nSPS) is 19.5. The molecule has 0 amide bonds. The maximum absolute atomic E-state index is 5.54. The van der Waals surface area contributed by atoms with Crippen molar-refractivity contribution in [2.75, 3.05) is 40.9 Å². The molecule has 0 spiro atoms. The number of nitrogens with one attached hydrogen (secondary N) is 1. The van der Waals surface area contributed by atoms with Crippen LogP contribution in [0.1, 0.15) is 31.9 Å². The molecule has 0 radical (unpaired) electrons. The van der Waals surface area contributed by atoms with Crippen LogP contribution in [0.25, 0.3) is 0 Å². The van der Waals surface area contributed by atoms with Crippen molar-refractivity contribution in [2.24, 2.45) is 5.41 Å². The highest BCUT2D eigenvalue weighted by molar-refractivity contribution is 5.42. The van der Waals surface area contributed by atoms with Gasteiger partial charge in [0.2, 0.25) is 0 Å². The Hall–Kier alpha value is -1.26. The molecule has 118 valence electrons. The van der Waals surface area contributed by atoms with E-state index in [2.05, 4.69) is 30.1 Å². The summed E-state index contributed by atoms with van der Waals surface area (Å²) >= 11 is 0. The molecule has 4 nitrogen and oxygen atoms in total. The van der Waals surface area contributed by atoms with Crippen molar-refractivity contribution in [3.8, 4) is 11.5 Å². The van der Waals surface area contributed by atoms with Gasteiger partial charge in [0.25, 0.3) is 0 Å². The Morgan fingerprint density at radius 1 is 1.29 bits per heavy atom. The number of benzene rings is 1. The Labute approximate surface area is 128 Å². The minimum Gasteiger partial charge on any atom is -0.497 e. The summed E-state index contributed by atoms with van der Waals surface area (Å²) in [5.41, 5.74) is 1.62. The predicted octanol–water partition coefficient (Wildman–Crippen LogP) is 2.70. The van der Waals surface area contributed by atoms with Crippen LogP contribution >= 0.6 is 0 Å². The molecule has 1 aromatic carbocycles. The van der Waals surface area contributed by atoms with Crippen molar-refractivity contribution in [2.45, 2.75) is 26.3 Å². The number of ether oxygens (including phenoxy) is 2. The zero-order chi connectivity index (χ0) is 15.5. The Kier molecular flexibility index (Phi) is 5.12. The van der Waals surface area contributed by atoms with Gasteiger partial charge in [-0.25, -0.2) is 0 Å². The topological polar surface area (TPSA) is 33.7 Å². The highest BCUT2D eigenvalue weighted by atomic mass is 16.5. The van der Waals surface area contributed by atoms with Gasteiger partial charge in [-0.15, -0.1) is 0 Å². The molecular weight excluding hydrogens is 264 g/mol. The maximum atomic E-state index is 5.54. The van der Waals surface area contributed by atoms with Crippen molar-refractivity contribution in [1.29, 1.82) is 0 Å². The fourth-order valence-electron chi connectivity index (χ4n) is 3.09. The number of likely N-dealkylation sites (N-methyl/N-ethyl adjacent to an activating group) is 1. The van der Waals surface area contributed by atoms with E-state index >= 15 is 0 Å². The minimum atomic E-state index is 0.264. The number of likely N-dealkylation sites (tertiary alicyclic amines) is 1. The largest absolute Gasteiger partial charge is 0.497 e. The minimum absolute atomic E-state index is 0.264. The molecule has 1 saturated heterocycles. The second kappa shape index (κ2) is 6.67. The molecule has 1 unspecified atom stereocenters. The first-order valence-corrected chi connectivity index (χ1v) is 7.60. The SMILES string of the molecule is CNC(CN1CCC(C)(C)C1)c1ccc(OC)cc1OC. The van der Waals surface area contributed by atoms with Gasteiger partial charge in [0.05, 0.1) is 14.2 Å². The summed E-state index contributed by atoms with van der Waals surface area (Å²) in [4.78, 5) is 2.53. The van der Waals surface area contributed by atoms with Crippen LogP contribution in [0.15, 0.2) is 18.2 Å². The summed E-state index contributed by atoms with van der Waals surface area (Å²) < 4.78 is 10.8. The number of methoxy groups -OCH3 is 2. The van der Waals surface area contributed by atoms with Crippen LogP contribution in [0.3, 0.4) is 0 Å². The summed E-state index contributed by atoms with van der Waals surface area (Å²) in [6, 6.07) is 6.31. The molecule has 1 fully saturated rings. The molecule has 1 heterocycles. The van der Waals surface area contributed by atoms with Gasteiger partial charge in [0, 0.05) is 30.8 Å². The van der Waals surface area contributed by atoms with Gasteiger partial charge in [-0.1, -0.05) is 19.9 Å². The summed E-state index contributed by atoms with van der Waals surface area (Å²) in [6.07, 6.45) is 1.27. The van der Waals surface area contributed by atoms with Crippen molar-refractivity contribution in [1.82, 2.24) is 10.2 Å². The van der Waals surface area contributed by atoms with E-state index < -0.39 is 0 Å². The fourth-order valence-corrected chi connectivity index (χ4v) is 3.09. The van der Waals surface area contributed by atoms with Gasteiger partial charge >= 0.3 is 0 Å². The Bertz CT molecular complexity index is 474. The molecule has 0 bridgehead atoms. The summed E-state index contributed by atoms with van der Waals surface area (Å²) in [6.45, 7) is 8.01. The van der Waals surface area contributed by atoms with Crippen LogP contribution in [0.4, 0.5) is 0 Å². The van der Waals surface area contributed by atoms with Gasteiger partial charge in [0.15, 0.2) is 0 Å². The molecule has 1 aromatic rings. The molecule has 1 aliphatic heterocycles. The predicted molar refractivity (Wildman–Crippen MR) is 86.2 cm³/mol. The van der Waals surface area contributed by atoms with Crippen LogP contribution in [-0.2, 0) is 0 Å². The number of hydrogen-bond acceptors (Lipinski definition) is 4. The molecule has 1 N–H and O–H groups in total. The van der Waals surface area contributed by atoms with Crippen molar-refractivity contribution < 1.29 is 9.47 Å². The standard InChI is InChI=1S/C17H28N2O2/c1-17(2)8-9-19(12-17)11-15(18-3)14-7-6-13(20-4)10-16(14)21-5/h6-7,10,15,18H,8-9,11-12H2,1-5H3. The Balaban J connectivity index is 2.14. The Morgan fingerprint density at radius 2 is 2.05 bits per heavy atom. The summed E-state index contributed by atoms with van der Waals surface area (Å²) in [5.74, 6) is 1.71. The van der Waals surface area contributed by atoms with E-state index in [9.17, 15) is 0 Å². The number of hydrogen-bond donors (Lipinski definition) is 1. The lowest BCUT2D eigenvalue weighted by Crippen LogP contribution is -2.33. The van der Waals surface area contributed by atoms with Crippen molar-refractivity contribution >= 4 is 0 Å². The van der Waals surface area contributed by atoms with Crippen molar-refractivity contribution in [3.63, 3.8) is 0 Å². The molecule has 21 heavy (non-hydrogen) atoms. The Morgan fingerprint density at radius 3 is 2.57 bits per heavy atom. The summed E-state index contributed by atoms with van der Waals surface area (Å²) in [7, 11) is 5.40. The number of rotatable bonds is 6. The summed E-state index contributed by atoms with van der Waals surface area (Å²) in [5, 5.41) is 3.42. The second-order valence-corrected chi connectivity index (χ2v) is 6.60. The first-order chi connectivity index (χ1) is 9.99. The fraction of sp³-hybridized carbons (Fsp3) is 0.647. The van der Waals surface area contributed by atoms with Gasteiger partial charge < -0.3 is 19.7 Å². The van der Waals surface area contributed by atoms with E-state index in [4.69, 9.17) is 9.47 Å². The maximum Gasteiger partial charge on any atom is 0.127 e. The molecule has 0 aliphatic carbocycles. The lowest BCUT2D eigenvalue weighted by Gasteiger charge is -2.26. The first-order valence-electron chi connectivity index (χ1n) is 7.60. The van der Waals surface area contributed by atoms with Crippen LogP contribution in [-0.4, -0.2) is 45.8 Å². The average Bonchev–Trinajstić information content (AvgIpc) is 2.83. The lowest BCUT2D eigenvalue weighted by molar-refractivity contribution is 0.262. The van der Waals surface area contributed by atoms with Gasteiger partial charge in [-0.3, -0.25) is 0 Å². The van der Waals surface area contributed by atoms with E-state index in [1.165, 1.54) is 18.5 Å². The van der Waals surface area contributed by atoms with Crippen LogP contribution in [0.2, 0.25) is 0 Å². The zero-order valence-corrected chi connectivity index (χ0v) is 13.9. The molecule has 0 saturated carbocycles. The molecule has 2 rings (SSSR count). The van der Waals surface area contributed by atoms with E-state index in [0.29, 0.717) is 5.41 Å². The molecule has 4 heteroatoms. The highest BCUT2D eigenvalue weighted by Gasteiger charge is 2.30. The van der Waals surface area contributed by atoms with E-state index in [1.54, 1.807) is 14.2 Å². The number of nitrogens with zero attached hydrogens (tertiary/aromatic N) is 1.